The summed E-state index contributed by atoms with van der Waals surface area (Å²) in [6, 6.07) is 3.26. The van der Waals surface area contributed by atoms with Crippen molar-refractivity contribution in [2.24, 2.45) is 5.84 Å². The molecule has 0 aliphatic heterocycles. The van der Waals surface area contributed by atoms with Gasteiger partial charge in [0.05, 0.1) is 7.11 Å². The zero-order valence-corrected chi connectivity index (χ0v) is 9.05. The van der Waals surface area contributed by atoms with Crippen LogP contribution in [-0.4, -0.2) is 13.1 Å². The molecule has 4 N–H and O–H groups in total. The molecule has 0 unspecified atom stereocenters. The maximum Gasteiger partial charge on any atom is 0.333 e. The first kappa shape index (κ1) is 11.3. The van der Waals surface area contributed by atoms with Gasteiger partial charge in [0.25, 0.3) is 0 Å². The second-order valence-corrected chi connectivity index (χ2v) is 3.24. The Morgan fingerprint density at radius 2 is 2.00 bits per heavy atom. The van der Waals surface area contributed by atoms with Crippen molar-refractivity contribution in [1.82, 2.24) is 5.43 Å². The third kappa shape index (κ3) is 2.60. The van der Waals surface area contributed by atoms with Gasteiger partial charge in [0.2, 0.25) is 0 Å². The number of methoxy groups -OCH3 is 1. The van der Waals surface area contributed by atoms with Gasteiger partial charge < -0.3 is 10.1 Å². The molecule has 0 bridgehead atoms. The molecular weight excluding hydrogens is 194 g/mol. The molecule has 2 amide bonds. The van der Waals surface area contributed by atoms with Crippen molar-refractivity contribution in [3.63, 3.8) is 0 Å². The predicted octanol–water partition coefficient (Wildman–Crippen LogP) is 1.31. The number of hydrogen-bond acceptors (Lipinski definition) is 3. The zero-order valence-electron chi connectivity index (χ0n) is 9.05. The Hall–Kier alpha value is -1.75. The Morgan fingerprint density at radius 1 is 1.33 bits per heavy atom. The van der Waals surface area contributed by atoms with Crippen molar-refractivity contribution in [2.75, 3.05) is 12.4 Å². The van der Waals surface area contributed by atoms with Crippen LogP contribution in [0, 0.1) is 13.8 Å². The first-order valence-electron chi connectivity index (χ1n) is 4.51. The van der Waals surface area contributed by atoms with Crippen LogP contribution in [0.25, 0.3) is 0 Å². The molecule has 5 nitrogen and oxygen atoms in total. The van der Waals surface area contributed by atoms with Crippen LogP contribution in [-0.2, 0) is 0 Å². The topological polar surface area (TPSA) is 76.4 Å². The summed E-state index contributed by atoms with van der Waals surface area (Å²) in [5, 5.41) is 2.62. The normalized spacial score (nSPS) is 9.60. The van der Waals surface area contributed by atoms with Gasteiger partial charge in [-0.05, 0) is 37.1 Å². The van der Waals surface area contributed by atoms with Crippen LogP contribution in [0.5, 0.6) is 5.75 Å². The third-order valence-electron chi connectivity index (χ3n) is 2.12. The molecule has 0 heterocycles. The third-order valence-corrected chi connectivity index (χ3v) is 2.12. The van der Waals surface area contributed by atoms with Crippen LogP contribution in [0.3, 0.4) is 0 Å². The molecule has 15 heavy (non-hydrogen) atoms. The van der Waals surface area contributed by atoms with E-state index in [1.807, 2.05) is 31.4 Å². The van der Waals surface area contributed by atoms with E-state index in [0.717, 1.165) is 22.6 Å². The first-order valence-corrected chi connectivity index (χ1v) is 4.51. The SMILES string of the molecule is COc1cc(C)c(NC(=O)NN)cc1C. The fourth-order valence-electron chi connectivity index (χ4n) is 1.30. The van der Waals surface area contributed by atoms with E-state index in [9.17, 15) is 4.79 Å². The molecule has 0 saturated carbocycles. The van der Waals surface area contributed by atoms with Crippen molar-refractivity contribution in [3.8, 4) is 5.75 Å². The number of nitrogens with two attached hydrogens (primary N) is 1. The average Bonchev–Trinajstić information content (AvgIpc) is 2.22. The van der Waals surface area contributed by atoms with E-state index < -0.39 is 6.03 Å². The minimum absolute atomic E-state index is 0.442. The second kappa shape index (κ2) is 4.65. The standard InChI is InChI=1S/C10H15N3O2/c1-6-5-9(15-3)7(2)4-8(6)12-10(14)13-11/h4-5H,11H2,1-3H3,(H2,12,13,14). The molecule has 1 aromatic carbocycles. The Bertz CT molecular complexity index is 377. The van der Waals surface area contributed by atoms with Crippen molar-refractivity contribution in [2.45, 2.75) is 13.8 Å². The number of carbonyl (C=O) groups is 1. The van der Waals surface area contributed by atoms with Gasteiger partial charge in [0, 0.05) is 5.69 Å². The van der Waals surface area contributed by atoms with E-state index >= 15 is 0 Å². The Kier molecular flexibility index (Phi) is 3.51. The van der Waals surface area contributed by atoms with E-state index in [2.05, 4.69) is 5.32 Å². The minimum atomic E-state index is -0.442. The van der Waals surface area contributed by atoms with Gasteiger partial charge in [-0.15, -0.1) is 0 Å². The highest BCUT2D eigenvalue weighted by Gasteiger charge is 2.06. The van der Waals surface area contributed by atoms with E-state index in [-0.39, 0.29) is 0 Å². The van der Waals surface area contributed by atoms with Crippen molar-refractivity contribution in [1.29, 1.82) is 0 Å². The van der Waals surface area contributed by atoms with Gasteiger partial charge in [-0.2, -0.15) is 0 Å². The van der Waals surface area contributed by atoms with E-state index in [4.69, 9.17) is 10.6 Å². The van der Waals surface area contributed by atoms with Crippen LogP contribution in [0.4, 0.5) is 10.5 Å². The second-order valence-electron chi connectivity index (χ2n) is 3.24. The molecular formula is C10H15N3O2. The highest BCUT2D eigenvalue weighted by Crippen LogP contribution is 2.25. The van der Waals surface area contributed by atoms with Crippen molar-refractivity contribution >= 4 is 11.7 Å². The van der Waals surface area contributed by atoms with Crippen LogP contribution >= 0.6 is 0 Å². The molecule has 0 aliphatic carbocycles. The lowest BCUT2D eigenvalue weighted by Crippen LogP contribution is -2.34. The number of hydrogen-bond donors (Lipinski definition) is 3. The number of urea groups is 1. The van der Waals surface area contributed by atoms with Crippen LogP contribution in [0.15, 0.2) is 12.1 Å². The molecule has 5 heteroatoms. The number of aryl methyl sites for hydroxylation is 2. The van der Waals surface area contributed by atoms with Crippen LogP contribution < -0.4 is 21.3 Å². The summed E-state index contributed by atoms with van der Waals surface area (Å²) in [6.07, 6.45) is 0. The fourth-order valence-corrected chi connectivity index (χ4v) is 1.30. The summed E-state index contributed by atoms with van der Waals surface area (Å²) in [5.41, 5.74) is 4.60. The van der Waals surface area contributed by atoms with E-state index in [1.54, 1.807) is 7.11 Å². The number of rotatable bonds is 2. The fraction of sp³-hybridized carbons (Fsp3) is 0.300. The van der Waals surface area contributed by atoms with E-state index in [0.29, 0.717) is 0 Å². The molecule has 0 atom stereocenters. The summed E-state index contributed by atoms with van der Waals surface area (Å²) in [4.78, 5) is 11.0. The molecule has 0 radical (unpaired) electrons. The zero-order chi connectivity index (χ0) is 11.4. The lowest BCUT2D eigenvalue weighted by molar-refractivity contribution is 0.252. The number of ether oxygens (including phenoxy) is 1. The molecule has 0 fully saturated rings. The quantitative estimate of drug-likeness (QED) is 0.390. The average molecular weight is 209 g/mol. The van der Waals surface area contributed by atoms with Gasteiger partial charge in [0.1, 0.15) is 5.75 Å². The van der Waals surface area contributed by atoms with Gasteiger partial charge in [-0.1, -0.05) is 0 Å². The highest BCUT2D eigenvalue weighted by atomic mass is 16.5. The smallest absolute Gasteiger partial charge is 0.333 e. The molecule has 0 aliphatic rings. The molecule has 0 aromatic heterocycles. The summed E-state index contributed by atoms with van der Waals surface area (Å²) < 4.78 is 5.16. The largest absolute Gasteiger partial charge is 0.496 e. The Balaban J connectivity index is 3.00. The highest BCUT2D eigenvalue weighted by molar-refractivity contribution is 5.89. The first-order chi connectivity index (χ1) is 7.08. The maximum absolute atomic E-state index is 11.0. The maximum atomic E-state index is 11.0. The van der Waals surface area contributed by atoms with Gasteiger partial charge in [-0.25, -0.2) is 10.6 Å². The summed E-state index contributed by atoms with van der Waals surface area (Å²) in [5.74, 6) is 5.77. The number of anilines is 1. The lowest BCUT2D eigenvalue weighted by Gasteiger charge is -2.11. The molecule has 0 spiro atoms. The monoisotopic (exact) mass is 209 g/mol. The molecule has 0 saturated heterocycles. The number of amides is 2. The van der Waals surface area contributed by atoms with E-state index in [1.165, 1.54) is 0 Å². The Labute approximate surface area is 88.6 Å². The summed E-state index contributed by atoms with van der Waals surface area (Å²) in [6.45, 7) is 3.79. The number of hydrazine groups is 1. The summed E-state index contributed by atoms with van der Waals surface area (Å²) >= 11 is 0. The molecule has 1 rings (SSSR count). The number of carbonyl (C=O) groups excluding carboxylic acids is 1. The van der Waals surface area contributed by atoms with Crippen LogP contribution in [0.1, 0.15) is 11.1 Å². The minimum Gasteiger partial charge on any atom is -0.496 e. The summed E-state index contributed by atoms with van der Waals surface area (Å²) in [7, 11) is 1.61. The number of benzene rings is 1. The molecule has 1 aromatic rings. The van der Waals surface area contributed by atoms with Gasteiger partial charge in [0.15, 0.2) is 0 Å². The van der Waals surface area contributed by atoms with Crippen molar-refractivity contribution < 1.29 is 9.53 Å². The Morgan fingerprint density at radius 3 is 2.53 bits per heavy atom. The lowest BCUT2D eigenvalue weighted by atomic mass is 10.1. The van der Waals surface area contributed by atoms with Crippen molar-refractivity contribution in [3.05, 3.63) is 23.3 Å². The van der Waals surface area contributed by atoms with Gasteiger partial charge >= 0.3 is 6.03 Å². The van der Waals surface area contributed by atoms with Crippen LogP contribution in [0.2, 0.25) is 0 Å². The number of nitrogens with one attached hydrogen (secondary N) is 2. The predicted molar refractivity (Wildman–Crippen MR) is 58.8 cm³/mol. The van der Waals surface area contributed by atoms with Gasteiger partial charge in [-0.3, -0.25) is 5.43 Å². The molecule has 82 valence electrons.